The highest BCUT2D eigenvalue weighted by Crippen LogP contribution is 2.32. The third-order valence-corrected chi connectivity index (χ3v) is 4.80. The number of benzene rings is 1. The SMILES string of the molecule is O=C(Nc1ccc(F)c(Cl)c1)C1C=CN=C(NSC2CC2)C1. The van der Waals surface area contributed by atoms with E-state index < -0.39 is 5.82 Å². The fourth-order valence-electron chi connectivity index (χ4n) is 1.96. The number of carbonyl (C=O) groups excluding carboxylic acids is 1. The number of amidine groups is 1. The van der Waals surface area contributed by atoms with Crippen molar-refractivity contribution >= 4 is 41.0 Å². The van der Waals surface area contributed by atoms with Crippen LogP contribution in [0.5, 0.6) is 0 Å². The van der Waals surface area contributed by atoms with E-state index in [9.17, 15) is 9.18 Å². The van der Waals surface area contributed by atoms with E-state index in [2.05, 4.69) is 15.0 Å². The minimum atomic E-state index is -0.507. The standard InChI is InChI=1S/C15H15ClFN3OS/c16-12-8-10(1-4-13(12)17)19-15(21)9-5-6-18-14(7-9)20-22-11-2-3-11/h1,4-6,8-9,11H,2-3,7H2,(H,18,20)(H,19,21). The molecule has 1 fully saturated rings. The van der Waals surface area contributed by atoms with Crippen LogP contribution >= 0.6 is 23.5 Å². The quantitative estimate of drug-likeness (QED) is 0.821. The minimum Gasteiger partial charge on any atom is -0.326 e. The van der Waals surface area contributed by atoms with Crippen molar-refractivity contribution in [3.05, 3.63) is 41.3 Å². The molecule has 1 aliphatic heterocycles. The molecule has 2 aliphatic rings. The second-order valence-electron chi connectivity index (χ2n) is 5.27. The van der Waals surface area contributed by atoms with E-state index in [0.717, 1.165) is 5.84 Å². The Morgan fingerprint density at radius 1 is 1.41 bits per heavy atom. The molecule has 0 spiro atoms. The molecule has 22 heavy (non-hydrogen) atoms. The summed E-state index contributed by atoms with van der Waals surface area (Å²) in [6.07, 6.45) is 6.39. The molecule has 1 aliphatic carbocycles. The second-order valence-corrected chi connectivity index (χ2v) is 6.78. The Morgan fingerprint density at radius 2 is 2.23 bits per heavy atom. The molecule has 1 atom stereocenters. The number of aliphatic imine (C=N–C) groups is 1. The zero-order valence-corrected chi connectivity index (χ0v) is 13.3. The number of nitrogens with one attached hydrogen (secondary N) is 2. The van der Waals surface area contributed by atoms with Gasteiger partial charge in [-0.25, -0.2) is 9.38 Å². The van der Waals surface area contributed by atoms with E-state index in [1.807, 2.05) is 0 Å². The highest BCUT2D eigenvalue weighted by molar-refractivity contribution is 7.98. The number of anilines is 1. The maximum atomic E-state index is 13.1. The van der Waals surface area contributed by atoms with Crippen LogP contribution in [0.1, 0.15) is 19.3 Å². The molecule has 2 N–H and O–H groups in total. The number of rotatable bonds is 4. The number of amides is 1. The second kappa shape index (κ2) is 6.71. The van der Waals surface area contributed by atoms with Crippen LogP contribution in [0.25, 0.3) is 0 Å². The molecule has 0 radical (unpaired) electrons. The Morgan fingerprint density at radius 3 is 2.95 bits per heavy atom. The van der Waals surface area contributed by atoms with Crippen LogP contribution in [0, 0.1) is 11.7 Å². The summed E-state index contributed by atoms with van der Waals surface area (Å²) in [5.74, 6) is -0.169. The van der Waals surface area contributed by atoms with Crippen LogP contribution in [0.4, 0.5) is 10.1 Å². The van der Waals surface area contributed by atoms with E-state index in [0.29, 0.717) is 17.4 Å². The van der Waals surface area contributed by atoms with Gasteiger partial charge in [0.05, 0.1) is 10.9 Å². The number of nitrogens with zero attached hydrogens (tertiary/aromatic N) is 1. The summed E-state index contributed by atoms with van der Waals surface area (Å²) in [6, 6.07) is 4.12. The Balaban J connectivity index is 1.56. The van der Waals surface area contributed by atoms with Crippen molar-refractivity contribution in [3.63, 3.8) is 0 Å². The van der Waals surface area contributed by atoms with E-state index in [1.165, 1.54) is 31.0 Å². The monoisotopic (exact) mass is 339 g/mol. The first-order valence-electron chi connectivity index (χ1n) is 7.03. The average molecular weight is 340 g/mol. The molecule has 1 aromatic carbocycles. The van der Waals surface area contributed by atoms with Gasteiger partial charge < -0.3 is 10.0 Å². The van der Waals surface area contributed by atoms with Gasteiger partial charge in [0.1, 0.15) is 11.7 Å². The molecule has 1 aromatic rings. The number of hydrogen-bond donors (Lipinski definition) is 2. The van der Waals surface area contributed by atoms with Crippen LogP contribution in [0.15, 0.2) is 35.5 Å². The van der Waals surface area contributed by atoms with Crippen molar-refractivity contribution in [1.82, 2.24) is 4.72 Å². The molecule has 1 heterocycles. The zero-order chi connectivity index (χ0) is 15.5. The molecule has 1 unspecified atom stereocenters. The summed E-state index contributed by atoms with van der Waals surface area (Å²) in [7, 11) is 0. The highest BCUT2D eigenvalue weighted by atomic mass is 35.5. The van der Waals surface area contributed by atoms with Gasteiger partial charge in [-0.3, -0.25) is 4.79 Å². The van der Waals surface area contributed by atoms with Crippen LogP contribution in [0.3, 0.4) is 0 Å². The third-order valence-electron chi connectivity index (χ3n) is 3.35. The lowest BCUT2D eigenvalue weighted by molar-refractivity contribution is -0.118. The normalized spacial score (nSPS) is 20.5. The van der Waals surface area contributed by atoms with Crippen molar-refractivity contribution in [3.8, 4) is 0 Å². The maximum absolute atomic E-state index is 13.1. The summed E-state index contributed by atoms with van der Waals surface area (Å²) >= 11 is 7.38. The predicted molar refractivity (Wildman–Crippen MR) is 88.5 cm³/mol. The average Bonchev–Trinajstić information content (AvgIpc) is 3.33. The molecule has 1 saturated carbocycles. The summed E-state index contributed by atoms with van der Waals surface area (Å²) in [4.78, 5) is 16.5. The van der Waals surface area contributed by atoms with Gasteiger partial charge in [0, 0.05) is 23.6 Å². The Hall–Kier alpha value is -1.53. The molecular formula is C15H15ClFN3OS. The molecular weight excluding hydrogens is 325 g/mol. The Bertz CT molecular complexity index is 646. The maximum Gasteiger partial charge on any atom is 0.231 e. The van der Waals surface area contributed by atoms with Crippen LogP contribution < -0.4 is 10.0 Å². The minimum absolute atomic E-state index is 0.0123. The van der Waals surface area contributed by atoms with Crippen molar-refractivity contribution in [1.29, 1.82) is 0 Å². The van der Waals surface area contributed by atoms with Crippen LogP contribution in [0.2, 0.25) is 5.02 Å². The lowest BCUT2D eigenvalue weighted by Crippen LogP contribution is -2.29. The van der Waals surface area contributed by atoms with Crippen molar-refractivity contribution in [2.24, 2.45) is 10.9 Å². The number of hydrogen-bond acceptors (Lipinski definition) is 4. The molecule has 4 nitrogen and oxygen atoms in total. The fourth-order valence-corrected chi connectivity index (χ4v) is 2.95. The smallest absolute Gasteiger partial charge is 0.231 e. The molecule has 0 saturated heterocycles. The van der Waals surface area contributed by atoms with Gasteiger partial charge in [0.25, 0.3) is 0 Å². The van der Waals surface area contributed by atoms with Gasteiger partial charge in [-0.05, 0) is 43.0 Å². The van der Waals surface area contributed by atoms with E-state index in [1.54, 1.807) is 24.2 Å². The summed E-state index contributed by atoms with van der Waals surface area (Å²) in [5.41, 5.74) is 0.481. The molecule has 0 bridgehead atoms. The Kier molecular flexibility index (Phi) is 4.69. The van der Waals surface area contributed by atoms with Crippen molar-refractivity contribution in [2.45, 2.75) is 24.5 Å². The molecule has 3 rings (SSSR count). The summed E-state index contributed by atoms with van der Waals surface area (Å²) in [6.45, 7) is 0. The van der Waals surface area contributed by atoms with Gasteiger partial charge in [-0.2, -0.15) is 0 Å². The molecule has 7 heteroatoms. The van der Waals surface area contributed by atoms with Gasteiger partial charge in [-0.15, -0.1) is 0 Å². The van der Waals surface area contributed by atoms with Crippen LogP contribution in [-0.4, -0.2) is 17.0 Å². The first-order chi connectivity index (χ1) is 10.6. The van der Waals surface area contributed by atoms with Crippen LogP contribution in [-0.2, 0) is 4.79 Å². The topological polar surface area (TPSA) is 53.5 Å². The zero-order valence-electron chi connectivity index (χ0n) is 11.7. The fraction of sp³-hybridized carbons (Fsp3) is 0.333. The van der Waals surface area contributed by atoms with Gasteiger partial charge >= 0.3 is 0 Å². The predicted octanol–water partition coefficient (Wildman–Crippen LogP) is 3.75. The third kappa shape index (κ3) is 4.01. The van der Waals surface area contributed by atoms with E-state index in [4.69, 9.17) is 11.6 Å². The highest BCUT2D eigenvalue weighted by Gasteiger charge is 2.25. The molecule has 116 valence electrons. The lowest BCUT2D eigenvalue weighted by atomic mass is 10.0. The first kappa shape index (κ1) is 15.4. The van der Waals surface area contributed by atoms with Crippen molar-refractivity contribution in [2.75, 3.05) is 5.32 Å². The van der Waals surface area contributed by atoms with Crippen molar-refractivity contribution < 1.29 is 9.18 Å². The van der Waals surface area contributed by atoms with E-state index >= 15 is 0 Å². The lowest BCUT2D eigenvalue weighted by Gasteiger charge is -2.18. The van der Waals surface area contributed by atoms with Gasteiger partial charge in [0.2, 0.25) is 5.91 Å². The van der Waals surface area contributed by atoms with Gasteiger partial charge in [0.15, 0.2) is 0 Å². The molecule has 0 aromatic heterocycles. The molecule has 1 amide bonds. The Labute approximate surface area is 137 Å². The summed E-state index contributed by atoms with van der Waals surface area (Å²) < 4.78 is 16.3. The largest absolute Gasteiger partial charge is 0.326 e. The summed E-state index contributed by atoms with van der Waals surface area (Å²) in [5, 5.41) is 3.40. The first-order valence-corrected chi connectivity index (χ1v) is 8.28. The number of halogens is 2. The number of carbonyl (C=O) groups is 1. The van der Waals surface area contributed by atoms with E-state index in [-0.39, 0.29) is 16.8 Å². The van der Waals surface area contributed by atoms with Gasteiger partial charge in [-0.1, -0.05) is 17.7 Å².